The normalized spacial score (nSPS) is 11.7. The number of thiol groups is 1. The molecule has 18 heavy (non-hydrogen) atoms. The molecule has 5 heteroatoms. The Bertz CT molecular complexity index is 585. The van der Waals surface area contributed by atoms with Crippen LogP contribution in [-0.2, 0) is 30.3 Å². The zero-order valence-corrected chi connectivity index (χ0v) is 14.6. The quantitative estimate of drug-likeness (QED) is 0.656. The molecule has 0 radical (unpaired) electrons. The summed E-state index contributed by atoms with van der Waals surface area (Å²) in [7, 11) is -1.09. The van der Waals surface area contributed by atoms with E-state index in [0.29, 0.717) is 10.5 Å². The molecule has 2 nitrogen and oxygen atoms in total. The summed E-state index contributed by atoms with van der Waals surface area (Å²) >= 11 is 4.35. The maximum atomic E-state index is 11.3. The Labute approximate surface area is 127 Å². The summed E-state index contributed by atoms with van der Waals surface area (Å²) in [5.41, 5.74) is 1.56. The molecule has 0 heterocycles. The second-order valence-electron chi connectivity index (χ2n) is 3.65. The topological polar surface area (TPSA) is 37.3 Å². The average molecular weight is 330 g/mol. The molecule has 0 saturated heterocycles. The zero-order chi connectivity index (χ0) is 12.4. The third kappa shape index (κ3) is 3.22. The van der Waals surface area contributed by atoms with E-state index in [2.05, 4.69) is 12.6 Å². The van der Waals surface area contributed by atoms with Gasteiger partial charge in [0.2, 0.25) is 0 Å². The largest absolute Gasteiger partial charge is 0.507 e. The van der Waals surface area contributed by atoms with Crippen molar-refractivity contribution in [2.24, 2.45) is 0 Å². The van der Waals surface area contributed by atoms with Crippen molar-refractivity contribution >= 4 is 23.4 Å². The molecular formula is C13H12O2S2Zn. The molecule has 0 bridgehead atoms. The van der Waals surface area contributed by atoms with E-state index < -0.39 is 10.8 Å². The van der Waals surface area contributed by atoms with Crippen LogP contribution in [0, 0.1) is 0 Å². The Morgan fingerprint density at radius 1 is 1.11 bits per heavy atom. The summed E-state index contributed by atoms with van der Waals surface area (Å²) in [6.07, 6.45) is 1.58. The first kappa shape index (κ1) is 15.4. The van der Waals surface area contributed by atoms with E-state index in [-0.39, 0.29) is 25.2 Å². The third-order valence-corrected chi connectivity index (χ3v) is 3.80. The molecule has 0 aliphatic heterocycles. The van der Waals surface area contributed by atoms with Gasteiger partial charge in [-0.15, -0.1) is 12.6 Å². The van der Waals surface area contributed by atoms with Crippen LogP contribution in [0.15, 0.2) is 52.3 Å². The minimum Gasteiger partial charge on any atom is -0.507 e. The minimum atomic E-state index is -1.09. The van der Waals surface area contributed by atoms with Gasteiger partial charge in [0.25, 0.3) is 0 Å². The zero-order valence-electron chi connectivity index (χ0n) is 9.96. The van der Waals surface area contributed by atoms with E-state index in [1.807, 2.05) is 24.3 Å². The van der Waals surface area contributed by atoms with E-state index in [4.69, 9.17) is 0 Å². The van der Waals surface area contributed by atoms with Gasteiger partial charge in [0.1, 0.15) is 5.75 Å². The van der Waals surface area contributed by atoms with Crippen LogP contribution in [0.3, 0.4) is 0 Å². The molecule has 0 saturated carbocycles. The van der Waals surface area contributed by atoms with Crippen LogP contribution in [-0.4, -0.2) is 15.6 Å². The number of hydrogen-bond acceptors (Lipinski definition) is 3. The predicted molar refractivity (Wildman–Crippen MR) is 73.1 cm³/mol. The summed E-state index contributed by atoms with van der Waals surface area (Å²) in [4.78, 5) is 1.41. The number of benzene rings is 2. The summed E-state index contributed by atoms with van der Waals surface area (Å²) in [5.74, 6) is 0.124. The second kappa shape index (κ2) is 6.51. The standard InChI is InChI=1S/C13H12O2S2.Zn/c1-17(15)9-6-7-10(12(14)8-9)11-4-2-3-5-13(11)16;/h2-8,14,16H,1H3;. The van der Waals surface area contributed by atoms with Gasteiger partial charge >= 0.3 is 0 Å². The summed E-state index contributed by atoms with van der Waals surface area (Å²) < 4.78 is 11.3. The number of phenolic OH excluding ortho intramolecular Hbond substituents is 1. The Balaban J connectivity index is 0.00000162. The average Bonchev–Trinajstić information content (AvgIpc) is 2.30. The summed E-state index contributed by atoms with van der Waals surface area (Å²) in [6.45, 7) is 0. The van der Waals surface area contributed by atoms with E-state index in [0.717, 1.165) is 10.5 Å². The fourth-order valence-electron chi connectivity index (χ4n) is 1.62. The first-order valence-electron chi connectivity index (χ1n) is 5.04. The molecule has 1 N–H and O–H groups in total. The predicted octanol–water partition coefficient (Wildman–Crippen LogP) is 3.08. The van der Waals surface area contributed by atoms with Crippen molar-refractivity contribution in [2.45, 2.75) is 9.79 Å². The van der Waals surface area contributed by atoms with E-state index in [9.17, 15) is 9.32 Å². The van der Waals surface area contributed by atoms with Gasteiger partial charge in [-0.3, -0.25) is 4.21 Å². The Kier molecular flexibility index (Phi) is 5.57. The van der Waals surface area contributed by atoms with Crippen molar-refractivity contribution in [3.63, 3.8) is 0 Å². The smallest absolute Gasteiger partial charge is 0.124 e. The van der Waals surface area contributed by atoms with E-state index >= 15 is 0 Å². The van der Waals surface area contributed by atoms with Gasteiger partial charge in [-0.1, -0.05) is 18.2 Å². The first-order chi connectivity index (χ1) is 8.09. The van der Waals surface area contributed by atoms with Gasteiger partial charge < -0.3 is 5.11 Å². The van der Waals surface area contributed by atoms with Gasteiger partial charge in [-0.2, -0.15) is 0 Å². The van der Waals surface area contributed by atoms with Crippen LogP contribution < -0.4 is 0 Å². The van der Waals surface area contributed by atoms with Gasteiger partial charge in [0, 0.05) is 51.9 Å². The van der Waals surface area contributed by atoms with Crippen LogP contribution >= 0.6 is 12.6 Å². The maximum absolute atomic E-state index is 11.3. The molecule has 2 aromatic rings. The van der Waals surface area contributed by atoms with Crippen molar-refractivity contribution in [1.82, 2.24) is 0 Å². The molecule has 2 aromatic carbocycles. The molecule has 0 aliphatic carbocycles. The van der Waals surface area contributed by atoms with Crippen LogP contribution in [0.1, 0.15) is 0 Å². The molecule has 0 aliphatic rings. The Hall–Kier alpha value is -0.637. The van der Waals surface area contributed by atoms with Crippen LogP contribution in [0.5, 0.6) is 5.75 Å². The van der Waals surface area contributed by atoms with Gasteiger partial charge in [-0.05, 0) is 29.8 Å². The van der Waals surface area contributed by atoms with Gasteiger partial charge in [0.05, 0.1) is 0 Å². The molecule has 0 amide bonds. The van der Waals surface area contributed by atoms with Crippen molar-refractivity contribution in [3.8, 4) is 16.9 Å². The van der Waals surface area contributed by atoms with Gasteiger partial charge in [-0.25, -0.2) is 0 Å². The third-order valence-electron chi connectivity index (χ3n) is 2.50. The van der Waals surface area contributed by atoms with Crippen molar-refractivity contribution in [1.29, 1.82) is 0 Å². The molecule has 1 unspecified atom stereocenters. The van der Waals surface area contributed by atoms with Crippen LogP contribution in [0.25, 0.3) is 11.1 Å². The van der Waals surface area contributed by atoms with Crippen LogP contribution in [0.4, 0.5) is 0 Å². The Morgan fingerprint density at radius 3 is 2.33 bits per heavy atom. The molecule has 1 atom stereocenters. The fourth-order valence-corrected chi connectivity index (χ4v) is 2.44. The number of aromatic hydroxyl groups is 1. The molecule has 0 aromatic heterocycles. The maximum Gasteiger partial charge on any atom is 0.124 e. The summed E-state index contributed by atoms with van der Waals surface area (Å²) in [5, 5.41) is 9.95. The number of phenols is 1. The molecule has 0 spiro atoms. The molecule has 0 fully saturated rings. The molecular weight excluding hydrogens is 318 g/mol. The van der Waals surface area contributed by atoms with E-state index in [1.54, 1.807) is 18.4 Å². The van der Waals surface area contributed by atoms with Crippen molar-refractivity contribution in [3.05, 3.63) is 42.5 Å². The Morgan fingerprint density at radius 2 is 1.78 bits per heavy atom. The van der Waals surface area contributed by atoms with Gasteiger partial charge in [0.15, 0.2) is 0 Å². The molecule has 90 valence electrons. The first-order valence-corrected chi connectivity index (χ1v) is 7.05. The minimum absolute atomic E-state index is 0. The second-order valence-corrected chi connectivity index (χ2v) is 5.51. The number of hydrogen-bond donors (Lipinski definition) is 2. The van der Waals surface area contributed by atoms with Crippen molar-refractivity contribution in [2.75, 3.05) is 6.26 Å². The monoisotopic (exact) mass is 328 g/mol. The van der Waals surface area contributed by atoms with Crippen molar-refractivity contribution < 1.29 is 28.8 Å². The summed E-state index contributed by atoms with van der Waals surface area (Å²) in [6, 6.07) is 12.6. The number of rotatable bonds is 2. The van der Waals surface area contributed by atoms with Crippen LogP contribution in [0.2, 0.25) is 0 Å². The van der Waals surface area contributed by atoms with E-state index in [1.165, 1.54) is 6.07 Å². The fraction of sp³-hybridized carbons (Fsp3) is 0.0769. The SMILES string of the molecule is CS(=O)c1ccc(-c2ccccc2S)c(O)c1.[Zn]. The molecule has 2 rings (SSSR count).